The fourth-order valence-electron chi connectivity index (χ4n) is 3.32. The van der Waals surface area contributed by atoms with Crippen molar-refractivity contribution in [3.63, 3.8) is 0 Å². The molecule has 0 aliphatic rings. The van der Waals surface area contributed by atoms with Gasteiger partial charge in [0.05, 0.1) is 19.0 Å². The van der Waals surface area contributed by atoms with Crippen LogP contribution in [0.25, 0.3) is 16.5 Å². The second-order valence-corrected chi connectivity index (χ2v) is 6.91. The van der Waals surface area contributed by atoms with E-state index in [1.807, 2.05) is 0 Å². The molecule has 0 saturated carbocycles. The van der Waals surface area contributed by atoms with E-state index >= 15 is 0 Å². The summed E-state index contributed by atoms with van der Waals surface area (Å²) in [7, 11) is 1.38. The van der Waals surface area contributed by atoms with Gasteiger partial charge >= 0.3 is 12.4 Å². The maximum Gasteiger partial charge on any atom is 0.435 e. The van der Waals surface area contributed by atoms with Crippen molar-refractivity contribution in [2.24, 2.45) is 10.7 Å². The van der Waals surface area contributed by atoms with Gasteiger partial charge in [-0.05, 0) is 30.3 Å². The predicted molar refractivity (Wildman–Crippen MR) is 110 cm³/mol. The third kappa shape index (κ3) is 4.23. The summed E-state index contributed by atoms with van der Waals surface area (Å²) in [5, 5.41) is 4.66. The number of benzene rings is 1. The van der Waals surface area contributed by atoms with Gasteiger partial charge in [-0.2, -0.15) is 31.4 Å². The van der Waals surface area contributed by atoms with Gasteiger partial charge in [0.15, 0.2) is 5.69 Å². The number of ether oxygens (including phenoxy) is 1. The first-order chi connectivity index (χ1) is 16.0. The van der Waals surface area contributed by atoms with E-state index in [0.717, 1.165) is 18.5 Å². The Labute approximate surface area is 187 Å². The highest BCUT2D eigenvalue weighted by Gasteiger charge is 2.39. The number of fused-ring (bicyclic) bond motifs is 1. The molecule has 0 aliphatic heterocycles. The molecule has 176 valence electrons. The van der Waals surface area contributed by atoms with E-state index < -0.39 is 35.3 Å². The summed E-state index contributed by atoms with van der Waals surface area (Å²) in [6.07, 6.45) is -6.64. The zero-order valence-electron chi connectivity index (χ0n) is 17.2. The van der Waals surface area contributed by atoms with E-state index in [1.54, 1.807) is 6.07 Å². The van der Waals surface area contributed by atoms with E-state index in [4.69, 9.17) is 10.5 Å². The number of hydrogen-bond acceptors (Lipinski definition) is 5. The maximum atomic E-state index is 14.1. The average Bonchev–Trinajstić information content (AvgIpc) is 3.21. The molecule has 0 unspecified atom stereocenters. The van der Waals surface area contributed by atoms with Gasteiger partial charge in [-0.1, -0.05) is 6.07 Å². The Morgan fingerprint density at radius 2 is 1.71 bits per heavy atom. The lowest BCUT2D eigenvalue weighted by Gasteiger charge is -2.14. The Balaban J connectivity index is 1.88. The normalized spacial score (nSPS) is 12.9. The van der Waals surface area contributed by atoms with Crippen LogP contribution in [-0.4, -0.2) is 32.7 Å². The molecular formula is C21H14F6N6O. The van der Waals surface area contributed by atoms with Gasteiger partial charge in [-0.15, -0.1) is 0 Å². The Bertz CT molecular complexity index is 1390. The minimum atomic E-state index is -4.93. The van der Waals surface area contributed by atoms with E-state index in [9.17, 15) is 26.3 Å². The van der Waals surface area contributed by atoms with Crippen LogP contribution >= 0.6 is 0 Å². The molecule has 0 radical (unpaired) electrons. The first kappa shape index (κ1) is 23.0. The zero-order valence-corrected chi connectivity index (χ0v) is 17.2. The highest BCUT2D eigenvalue weighted by molar-refractivity contribution is 5.99. The second kappa shape index (κ2) is 8.32. The van der Waals surface area contributed by atoms with Crippen LogP contribution < -0.4 is 10.5 Å². The van der Waals surface area contributed by atoms with Crippen LogP contribution in [0.2, 0.25) is 0 Å². The number of nitrogens with zero attached hydrogens (tertiary/aromatic N) is 5. The van der Waals surface area contributed by atoms with Gasteiger partial charge in [0.2, 0.25) is 5.88 Å². The number of alkyl halides is 6. The lowest BCUT2D eigenvalue weighted by atomic mass is 10.1. The van der Waals surface area contributed by atoms with Crippen LogP contribution in [0.15, 0.2) is 60.0 Å². The summed E-state index contributed by atoms with van der Waals surface area (Å²) >= 11 is 0. The van der Waals surface area contributed by atoms with Crippen LogP contribution in [0.5, 0.6) is 5.88 Å². The minimum absolute atomic E-state index is 0.0637. The summed E-state index contributed by atoms with van der Waals surface area (Å²) < 4.78 is 86.8. The predicted octanol–water partition coefficient (Wildman–Crippen LogP) is 4.90. The molecule has 2 N–H and O–H groups in total. The third-order valence-electron chi connectivity index (χ3n) is 4.77. The SMILES string of the molecule is COc1nccc2c(-n3ncc(N=C(N)c4ccnc(C(F)(F)F)c4)c3C(F)(F)F)cccc12. The van der Waals surface area contributed by atoms with Gasteiger partial charge in [0.1, 0.15) is 17.2 Å². The number of amidine groups is 1. The Kier molecular flexibility index (Phi) is 5.63. The van der Waals surface area contributed by atoms with Crippen LogP contribution in [-0.2, 0) is 12.4 Å². The monoisotopic (exact) mass is 480 g/mol. The quantitative estimate of drug-likeness (QED) is 0.255. The summed E-state index contributed by atoms with van der Waals surface area (Å²) in [6, 6.07) is 7.76. The van der Waals surface area contributed by atoms with Gasteiger partial charge in [-0.25, -0.2) is 14.7 Å². The number of halogens is 6. The molecule has 34 heavy (non-hydrogen) atoms. The lowest BCUT2D eigenvalue weighted by molar-refractivity contribution is -0.142. The number of pyridine rings is 2. The van der Waals surface area contributed by atoms with Crippen molar-refractivity contribution in [3.8, 4) is 11.6 Å². The van der Waals surface area contributed by atoms with Gasteiger partial charge < -0.3 is 10.5 Å². The van der Waals surface area contributed by atoms with Crippen molar-refractivity contribution in [3.05, 3.63) is 71.9 Å². The van der Waals surface area contributed by atoms with E-state index in [1.165, 1.54) is 31.5 Å². The molecule has 4 rings (SSSR count). The minimum Gasteiger partial charge on any atom is -0.481 e. The number of nitrogens with two attached hydrogens (primary N) is 1. The van der Waals surface area contributed by atoms with Crippen LogP contribution in [0.3, 0.4) is 0 Å². The molecule has 0 aliphatic carbocycles. The summed E-state index contributed by atoms with van der Waals surface area (Å²) in [5.74, 6) is -0.359. The van der Waals surface area contributed by atoms with E-state index in [0.29, 0.717) is 21.5 Å². The second-order valence-electron chi connectivity index (χ2n) is 6.91. The van der Waals surface area contributed by atoms with Crippen molar-refractivity contribution < 1.29 is 31.1 Å². The first-order valence-corrected chi connectivity index (χ1v) is 9.46. The largest absolute Gasteiger partial charge is 0.481 e. The highest BCUT2D eigenvalue weighted by Crippen LogP contribution is 2.39. The highest BCUT2D eigenvalue weighted by atomic mass is 19.4. The molecule has 0 saturated heterocycles. The molecule has 13 heteroatoms. The van der Waals surface area contributed by atoms with Crippen LogP contribution in [0.4, 0.5) is 32.0 Å². The Morgan fingerprint density at radius 3 is 2.38 bits per heavy atom. The van der Waals surface area contributed by atoms with Gasteiger partial charge in [0.25, 0.3) is 0 Å². The van der Waals surface area contributed by atoms with Crippen molar-refractivity contribution in [1.82, 2.24) is 19.7 Å². The first-order valence-electron chi connectivity index (χ1n) is 9.46. The smallest absolute Gasteiger partial charge is 0.435 e. The van der Waals surface area contributed by atoms with Crippen molar-refractivity contribution in [2.75, 3.05) is 7.11 Å². The molecule has 3 heterocycles. The molecule has 0 atom stereocenters. The van der Waals surface area contributed by atoms with E-state index in [2.05, 4.69) is 20.1 Å². The fraction of sp³-hybridized carbons (Fsp3) is 0.143. The topological polar surface area (TPSA) is 91.2 Å². The molecule has 3 aromatic heterocycles. The Morgan fingerprint density at radius 1 is 0.971 bits per heavy atom. The number of aliphatic imine (C=N–C) groups is 1. The van der Waals surface area contributed by atoms with Gasteiger partial charge in [0, 0.05) is 28.7 Å². The summed E-state index contributed by atoms with van der Waals surface area (Å²) in [4.78, 5) is 11.0. The standard InChI is InChI=1S/C21H14F6N6O/c1-34-19-13-3-2-4-15(12(13)6-8-30-19)33-17(21(25,26)27)14(10-31-33)32-18(28)11-5-7-29-16(9-11)20(22,23)24/h2-10H,1H3,(H2,28,32). The molecule has 0 fully saturated rings. The molecule has 4 aromatic rings. The zero-order chi connectivity index (χ0) is 24.7. The average molecular weight is 480 g/mol. The molecule has 0 spiro atoms. The fourth-order valence-corrected chi connectivity index (χ4v) is 3.32. The van der Waals surface area contributed by atoms with Crippen molar-refractivity contribution in [2.45, 2.75) is 12.4 Å². The summed E-state index contributed by atoms with van der Waals surface area (Å²) in [5.41, 5.74) is 2.38. The molecule has 7 nitrogen and oxygen atoms in total. The summed E-state index contributed by atoms with van der Waals surface area (Å²) in [6.45, 7) is 0. The number of aromatic nitrogens is 4. The number of methoxy groups -OCH3 is 1. The number of hydrogen-bond donors (Lipinski definition) is 1. The third-order valence-corrected chi connectivity index (χ3v) is 4.77. The molecule has 1 aromatic carbocycles. The Hall–Kier alpha value is -4.16. The van der Waals surface area contributed by atoms with Crippen molar-refractivity contribution in [1.29, 1.82) is 0 Å². The van der Waals surface area contributed by atoms with E-state index in [-0.39, 0.29) is 17.1 Å². The van der Waals surface area contributed by atoms with Crippen LogP contribution in [0, 0.1) is 0 Å². The molecule has 0 amide bonds. The number of rotatable bonds is 4. The van der Waals surface area contributed by atoms with Crippen LogP contribution in [0.1, 0.15) is 17.0 Å². The van der Waals surface area contributed by atoms with Crippen molar-refractivity contribution >= 4 is 22.3 Å². The van der Waals surface area contributed by atoms with Gasteiger partial charge in [-0.3, -0.25) is 4.98 Å². The lowest BCUT2D eigenvalue weighted by Crippen LogP contribution is -2.17. The molecular weight excluding hydrogens is 466 g/mol. The molecule has 0 bridgehead atoms. The maximum absolute atomic E-state index is 14.1.